The van der Waals surface area contributed by atoms with Gasteiger partial charge in [-0.25, -0.2) is 9.78 Å². The van der Waals surface area contributed by atoms with Gasteiger partial charge in [-0.3, -0.25) is 14.5 Å². The van der Waals surface area contributed by atoms with Crippen molar-refractivity contribution in [2.45, 2.75) is 13.0 Å². The number of ketones is 1. The number of aliphatic hydroxyl groups is 1. The molecule has 2 aromatic heterocycles. The van der Waals surface area contributed by atoms with Crippen molar-refractivity contribution in [2.24, 2.45) is 0 Å². The number of benzene rings is 1. The topological polar surface area (TPSA) is 106 Å². The third-order valence-corrected chi connectivity index (χ3v) is 7.14. The van der Waals surface area contributed by atoms with E-state index in [1.165, 1.54) is 29.4 Å². The fraction of sp³-hybridized carbons (Fsp3) is 0.167. The number of anilines is 1. The van der Waals surface area contributed by atoms with Gasteiger partial charge < -0.3 is 14.6 Å². The second-order valence-corrected chi connectivity index (χ2v) is 9.14. The molecule has 3 aromatic rings. The van der Waals surface area contributed by atoms with E-state index in [2.05, 4.69) is 11.6 Å². The Hall–Kier alpha value is -3.76. The number of ether oxygens (including phenoxy) is 2. The average Bonchev–Trinajstić information content (AvgIpc) is 3.56. The molecule has 1 unspecified atom stereocenters. The summed E-state index contributed by atoms with van der Waals surface area (Å²) < 4.78 is 10.3. The summed E-state index contributed by atoms with van der Waals surface area (Å²) >= 11 is 2.16. The monoisotopic (exact) mass is 496 g/mol. The zero-order valence-electron chi connectivity index (χ0n) is 18.3. The molecular weight excluding hydrogens is 476 g/mol. The molecule has 1 aliphatic heterocycles. The average molecular weight is 497 g/mol. The second-order valence-electron chi connectivity index (χ2n) is 7.22. The van der Waals surface area contributed by atoms with Gasteiger partial charge in [-0.2, -0.15) is 0 Å². The lowest BCUT2D eigenvalue weighted by Crippen LogP contribution is -2.31. The summed E-state index contributed by atoms with van der Waals surface area (Å²) in [6.45, 7) is 5.18. The summed E-state index contributed by atoms with van der Waals surface area (Å²) in [6.07, 6.45) is 1.45. The zero-order chi connectivity index (χ0) is 24.4. The van der Waals surface area contributed by atoms with E-state index in [1.54, 1.807) is 48.7 Å². The summed E-state index contributed by atoms with van der Waals surface area (Å²) in [5.74, 6) is -1.89. The number of carbonyl (C=O) groups excluding carboxylic acids is 3. The minimum Gasteiger partial charge on any atom is -0.503 e. The Labute approximate surface area is 203 Å². The molecule has 0 saturated heterocycles. The van der Waals surface area contributed by atoms with Gasteiger partial charge in [0.2, 0.25) is 5.78 Å². The number of carbonyl (C=O) groups is 3. The molecule has 10 heteroatoms. The molecule has 8 nitrogen and oxygen atoms in total. The molecule has 1 amide bonds. The van der Waals surface area contributed by atoms with Crippen molar-refractivity contribution in [3.8, 4) is 5.75 Å². The molecule has 0 bridgehead atoms. The third kappa shape index (κ3) is 4.13. The van der Waals surface area contributed by atoms with Gasteiger partial charge in [0.15, 0.2) is 10.9 Å². The highest BCUT2D eigenvalue weighted by atomic mass is 32.1. The van der Waals surface area contributed by atoms with Crippen molar-refractivity contribution in [2.75, 3.05) is 18.6 Å². The lowest BCUT2D eigenvalue weighted by Gasteiger charge is -2.24. The summed E-state index contributed by atoms with van der Waals surface area (Å²) in [6, 6.07) is 9.23. The van der Waals surface area contributed by atoms with Crippen molar-refractivity contribution < 1.29 is 29.0 Å². The van der Waals surface area contributed by atoms with Crippen LogP contribution in [0.15, 0.2) is 65.8 Å². The maximum absolute atomic E-state index is 13.3. The van der Waals surface area contributed by atoms with Crippen LogP contribution in [0.2, 0.25) is 0 Å². The predicted molar refractivity (Wildman–Crippen MR) is 129 cm³/mol. The Kier molecular flexibility index (Phi) is 6.62. The Balaban J connectivity index is 1.82. The molecule has 1 aliphatic rings. The summed E-state index contributed by atoms with van der Waals surface area (Å²) in [5, 5.41) is 12.7. The van der Waals surface area contributed by atoms with Crippen LogP contribution in [0.25, 0.3) is 0 Å². The smallest absolute Gasteiger partial charge is 0.350 e. The van der Waals surface area contributed by atoms with E-state index < -0.39 is 29.5 Å². The van der Waals surface area contributed by atoms with Gasteiger partial charge in [0, 0.05) is 0 Å². The lowest BCUT2D eigenvalue weighted by molar-refractivity contribution is -0.117. The number of nitrogens with zero attached hydrogens (tertiary/aromatic N) is 2. The number of amides is 1. The number of thiophene rings is 1. The van der Waals surface area contributed by atoms with Gasteiger partial charge in [0.1, 0.15) is 17.2 Å². The van der Waals surface area contributed by atoms with Crippen molar-refractivity contribution >= 4 is 45.5 Å². The van der Waals surface area contributed by atoms with Crippen LogP contribution in [0, 0.1) is 6.92 Å². The molecule has 0 saturated carbocycles. The Morgan fingerprint density at radius 3 is 2.62 bits per heavy atom. The molecule has 174 valence electrons. The molecule has 1 aromatic carbocycles. The number of methoxy groups -OCH3 is 1. The van der Waals surface area contributed by atoms with E-state index in [0.717, 1.165) is 11.3 Å². The molecule has 1 atom stereocenters. The fourth-order valence-electron chi connectivity index (χ4n) is 3.55. The molecule has 1 N–H and O–H groups in total. The third-order valence-electron chi connectivity index (χ3n) is 5.14. The highest BCUT2D eigenvalue weighted by molar-refractivity contribution is 7.17. The van der Waals surface area contributed by atoms with Gasteiger partial charge in [-0.05, 0) is 36.1 Å². The van der Waals surface area contributed by atoms with Crippen LogP contribution in [-0.2, 0) is 9.53 Å². The Morgan fingerprint density at radius 1 is 1.26 bits per heavy atom. The van der Waals surface area contributed by atoms with Crippen molar-refractivity contribution in [3.63, 3.8) is 0 Å². The summed E-state index contributed by atoms with van der Waals surface area (Å²) in [7, 11) is 1.53. The molecule has 3 heterocycles. The van der Waals surface area contributed by atoms with Gasteiger partial charge in [0.05, 0.1) is 29.3 Å². The van der Waals surface area contributed by atoms with Crippen molar-refractivity contribution in [1.82, 2.24) is 4.98 Å². The molecular formula is C24H20N2O6S2. The van der Waals surface area contributed by atoms with Crippen LogP contribution in [0.3, 0.4) is 0 Å². The van der Waals surface area contributed by atoms with E-state index in [1.807, 2.05) is 0 Å². The van der Waals surface area contributed by atoms with Gasteiger partial charge in [0.25, 0.3) is 5.91 Å². The first kappa shape index (κ1) is 23.4. The molecule has 0 radical (unpaired) electrons. The quantitative estimate of drug-likeness (QED) is 0.275. The predicted octanol–water partition coefficient (Wildman–Crippen LogP) is 4.65. The highest BCUT2D eigenvalue weighted by Crippen LogP contribution is 2.44. The number of Topliss-reactive ketones (excluding diaryl/α,β-unsaturated/α-hetero) is 1. The zero-order valence-corrected chi connectivity index (χ0v) is 19.9. The standard InChI is InChI=1S/C24H20N2O6S2/c1-4-11-32-23(30)21-13(2)25-24(34-21)26-18(14-7-9-15(31-3)10-8-14)17(20(28)22(26)29)19(27)16-6-5-12-33-16/h4-10,12,18,28H,1,11H2,2-3H3. The van der Waals surface area contributed by atoms with E-state index in [4.69, 9.17) is 9.47 Å². The number of hydrogen-bond donors (Lipinski definition) is 1. The summed E-state index contributed by atoms with van der Waals surface area (Å²) in [5.41, 5.74) is 0.885. The highest BCUT2D eigenvalue weighted by Gasteiger charge is 2.46. The minimum atomic E-state index is -0.949. The normalized spacial score (nSPS) is 15.5. The molecule has 34 heavy (non-hydrogen) atoms. The number of aryl methyl sites for hydroxylation is 1. The van der Waals surface area contributed by atoms with Crippen LogP contribution < -0.4 is 9.64 Å². The minimum absolute atomic E-state index is 0.0322. The Bertz CT molecular complexity index is 1290. The maximum Gasteiger partial charge on any atom is 0.350 e. The fourth-order valence-corrected chi connectivity index (χ4v) is 5.22. The lowest BCUT2D eigenvalue weighted by atomic mass is 9.95. The first-order valence-electron chi connectivity index (χ1n) is 10.1. The van der Waals surface area contributed by atoms with E-state index in [9.17, 15) is 19.5 Å². The van der Waals surface area contributed by atoms with Crippen LogP contribution in [-0.4, -0.2) is 41.5 Å². The molecule has 0 spiro atoms. The van der Waals surface area contributed by atoms with Crippen LogP contribution in [0.4, 0.5) is 5.13 Å². The number of hydrogen-bond acceptors (Lipinski definition) is 9. The van der Waals surface area contributed by atoms with Gasteiger partial charge >= 0.3 is 5.97 Å². The van der Waals surface area contributed by atoms with Crippen LogP contribution >= 0.6 is 22.7 Å². The first-order chi connectivity index (χ1) is 16.4. The Morgan fingerprint density at radius 2 is 2.00 bits per heavy atom. The maximum atomic E-state index is 13.3. The number of aromatic nitrogens is 1. The SMILES string of the molecule is C=CCOC(=O)c1sc(N2C(=O)C(O)=C(C(=O)c3cccs3)C2c2ccc(OC)cc2)nc1C. The number of aliphatic hydroxyl groups excluding tert-OH is 1. The molecule has 4 rings (SSSR count). The van der Waals surface area contributed by atoms with Crippen LogP contribution in [0.5, 0.6) is 5.75 Å². The first-order valence-corrected chi connectivity index (χ1v) is 11.8. The van der Waals surface area contributed by atoms with Crippen LogP contribution in [0.1, 0.15) is 36.6 Å². The summed E-state index contributed by atoms with van der Waals surface area (Å²) in [4.78, 5) is 45.2. The largest absolute Gasteiger partial charge is 0.503 e. The van der Waals surface area contributed by atoms with Crippen molar-refractivity contribution in [3.05, 3.63) is 86.8 Å². The van der Waals surface area contributed by atoms with Gasteiger partial charge in [-0.15, -0.1) is 11.3 Å². The number of thiazole rings is 1. The van der Waals surface area contributed by atoms with E-state index in [0.29, 0.717) is 21.9 Å². The molecule has 0 fully saturated rings. The van der Waals surface area contributed by atoms with Gasteiger partial charge in [-0.1, -0.05) is 42.2 Å². The van der Waals surface area contributed by atoms with Crippen molar-refractivity contribution in [1.29, 1.82) is 0 Å². The second kappa shape index (κ2) is 9.62. The van der Waals surface area contributed by atoms with E-state index in [-0.39, 0.29) is 22.2 Å². The number of esters is 1. The molecule has 0 aliphatic carbocycles. The van der Waals surface area contributed by atoms with E-state index >= 15 is 0 Å². The number of rotatable bonds is 8.